The first kappa shape index (κ1) is 9.51. The lowest BCUT2D eigenvalue weighted by atomic mass is 10.2. The van der Waals surface area contributed by atoms with Crippen molar-refractivity contribution in [1.29, 1.82) is 0 Å². The highest BCUT2D eigenvalue weighted by molar-refractivity contribution is 5.65. The van der Waals surface area contributed by atoms with Gasteiger partial charge in [0.1, 0.15) is 0 Å². The van der Waals surface area contributed by atoms with Gasteiger partial charge >= 0.3 is 0 Å². The van der Waals surface area contributed by atoms with Crippen molar-refractivity contribution in [2.24, 2.45) is 4.99 Å². The van der Waals surface area contributed by atoms with Crippen LogP contribution in [0.4, 0.5) is 5.95 Å². The summed E-state index contributed by atoms with van der Waals surface area (Å²) in [5.41, 5.74) is 7.50. The van der Waals surface area contributed by atoms with Crippen molar-refractivity contribution >= 4 is 17.7 Å². The Bertz CT molecular complexity index is 322. The van der Waals surface area contributed by atoms with Crippen LogP contribution in [-0.4, -0.2) is 16.2 Å². The van der Waals surface area contributed by atoms with Gasteiger partial charge in [-0.2, -0.15) is 0 Å². The summed E-state index contributed by atoms with van der Waals surface area (Å²) in [5, 5.41) is 0. The Labute approximate surface area is 77.6 Å². The summed E-state index contributed by atoms with van der Waals surface area (Å²) in [7, 11) is 0. The smallest absolute Gasteiger partial charge is 0.197 e. The molecule has 0 unspecified atom stereocenters. The quantitative estimate of drug-likeness (QED) is 0.693. The first-order valence-corrected chi connectivity index (χ1v) is 4.25. The molecule has 3 N–H and O–H groups in total. The lowest BCUT2D eigenvalue weighted by molar-refractivity contribution is 1.19. The normalized spacial score (nSPS) is 12.6. The zero-order valence-electron chi connectivity index (χ0n) is 7.91. The zero-order chi connectivity index (χ0) is 9.68. The minimum Gasteiger partial charge on any atom is -0.369 e. The number of aromatic nitrogens is 2. The molecule has 4 heteroatoms. The number of aliphatic imine (C=N–C) groups is 1. The van der Waals surface area contributed by atoms with Gasteiger partial charge in [-0.1, -0.05) is 6.92 Å². The number of anilines is 1. The van der Waals surface area contributed by atoms with Crippen LogP contribution in [0.5, 0.6) is 0 Å². The van der Waals surface area contributed by atoms with E-state index in [1.54, 1.807) is 12.4 Å². The van der Waals surface area contributed by atoms with Crippen molar-refractivity contribution in [3.05, 3.63) is 18.1 Å². The second-order valence-corrected chi connectivity index (χ2v) is 2.60. The molecular weight excluding hydrogens is 164 g/mol. The number of aromatic amines is 1. The van der Waals surface area contributed by atoms with E-state index in [1.807, 2.05) is 13.1 Å². The fraction of sp³-hybridized carbons (Fsp3) is 0.333. The molecule has 0 saturated carbocycles. The van der Waals surface area contributed by atoms with Gasteiger partial charge in [-0.05, 0) is 18.9 Å². The first-order valence-electron chi connectivity index (χ1n) is 4.25. The fourth-order valence-corrected chi connectivity index (χ4v) is 1.02. The molecule has 0 atom stereocenters. The van der Waals surface area contributed by atoms with Gasteiger partial charge in [0, 0.05) is 12.4 Å². The van der Waals surface area contributed by atoms with Crippen molar-refractivity contribution in [2.75, 3.05) is 5.73 Å². The van der Waals surface area contributed by atoms with Crippen LogP contribution in [0.3, 0.4) is 0 Å². The molecule has 4 nitrogen and oxygen atoms in total. The van der Waals surface area contributed by atoms with Gasteiger partial charge < -0.3 is 10.7 Å². The predicted molar refractivity (Wildman–Crippen MR) is 55.4 cm³/mol. The molecular formula is C9H14N4. The average Bonchev–Trinajstić information content (AvgIpc) is 2.54. The van der Waals surface area contributed by atoms with Gasteiger partial charge in [0.05, 0.1) is 11.9 Å². The first-order chi connectivity index (χ1) is 6.27. The van der Waals surface area contributed by atoms with E-state index in [9.17, 15) is 0 Å². The molecule has 0 spiro atoms. The van der Waals surface area contributed by atoms with Gasteiger partial charge in [-0.25, -0.2) is 4.98 Å². The molecule has 1 heterocycles. The highest BCUT2D eigenvalue weighted by Crippen LogP contribution is 2.15. The molecule has 0 aliphatic heterocycles. The lowest BCUT2D eigenvalue weighted by Gasteiger charge is -1.97. The number of rotatable bonds is 3. The third kappa shape index (κ3) is 2.43. The van der Waals surface area contributed by atoms with Crippen LogP contribution in [0.25, 0.3) is 5.57 Å². The van der Waals surface area contributed by atoms with Gasteiger partial charge in [-0.3, -0.25) is 4.99 Å². The van der Waals surface area contributed by atoms with Gasteiger partial charge in [0.15, 0.2) is 5.95 Å². The minimum atomic E-state index is 0.440. The standard InChI is InChI=1S/C9H14N4/c1-3-7(5-11-4-2)8-6-12-9(10)13-8/h4-6H,3H2,1-2H3,(H3,10,12,13)/b7-5+,11-4?. The number of H-pyrrole nitrogens is 1. The minimum absolute atomic E-state index is 0.440. The van der Waals surface area contributed by atoms with Crippen molar-refractivity contribution < 1.29 is 0 Å². The molecule has 0 radical (unpaired) electrons. The lowest BCUT2D eigenvalue weighted by Crippen LogP contribution is -1.87. The van der Waals surface area contributed by atoms with Crippen LogP contribution in [0.15, 0.2) is 17.4 Å². The Morgan fingerprint density at radius 1 is 1.77 bits per heavy atom. The van der Waals surface area contributed by atoms with Crippen LogP contribution in [0, 0.1) is 0 Å². The zero-order valence-corrected chi connectivity index (χ0v) is 7.91. The molecule has 70 valence electrons. The molecule has 1 aromatic rings. The number of nitrogens with one attached hydrogen (secondary N) is 1. The molecule has 0 amide bonds. The Kier molecular flexibility index (Phi) is 3.25. The van der Waals surface area contributed by atoms with E-state index in [0.717, 1.165) is 17.7 Å². The third-order valence-electron chi connectivity index (χ3n) is 1.70. The topological polar surface area (TPSA) is 67.1 Å². The number of nitrogens with zero attached hydrogens (tertiary/aromatic N) is 2. The number of hydrogen-bond donors (Lipinski definition) is 2. The van der Waals surface area contributed by atoms with Crippen molar-refractivity contribution in [3.63, 3.8) is 0 Å². The highest BCUT2D eigenvalue weighted by Gasteiger charge is 2.01. The summed E-state index contributed by atoms with van der Waals surface area (Å²) in [5.74, 6) is 0.440. The van der Waals surface area contributed by atoms with Crippen molar-refractivity contribution in [1.82, 2.24) is 9.97 Å². The molecule has 13 heavy (non-hydrogen) atoms. The molecule has 0 fully saturated rings. The Hall–Kier alpha value is -1.58. The molecule has 1 aromatic heterocycles. The van der Waals surface area contributed by atoms with Crippen LogP contribution in [0.1, 0.15) is 26.0 Å². The summed E-state index contributed by atoms with van der Waals surface area (Å²) in [4.78, 5) is 10.9. The Morgan fingerprint density at radius 3 is 3.00 bits per heavy atom. The molecule has 0 aromatic carbocycles. The molecule has 0 saturated heterocycles. The molecule has 1 rings (SSSR count). The summed E-state index contributed by atoms with van der Waals surface area (Å²) >= 11 is 0. The maximum Gasteiger partial charge on any atom is 0.197 e. The highest BCUT2D eigenvalue weighted by atomic mass is 15.0. The van der Waals surface area contributed by atoms with Gasteiger partial charge in [-0.15, -0.1) is 0 Å². The van der Waals surface area contributed by atoms with E-state index in [-0.39, 0.29) is 0 Å². The van der Waals surface area contributed by atoms with E-state index in [2.05, 4.69) is 21.9 Å². The fourth-order valence-electron chi connectivity index (χ4n) is 1.02. The molecule has 0 aliphatic carbocycles. The largest absolute Gasteiger partial charge is 0.369 e. The number of allylic oxidation sites excluding steroid dienone is 1. The number of hydrogen-bond acceptors (Lipinski definition) is 3. The summed E-state index contributed by atoms with van der Waals surface area (Å²) < 4.78 is 0. The van der Waals surface area contributed by atoms with E-state index in [1.165, 1.54) is 0 Å². The van der Waals surface area contributed by atoms with E-state index >= 15 is 0 Å². The van der Waals surface area contributed by atoms with E-state index < -0.39 is 0 Å². The van der Waals surface area contributed by atoms with Crippen LogP contribution in [-0.2, 0) is 0 Å². The maximum atomic E-state index is 5.47. The van der Waals surface area contributed by atoms with Crippen LogP contribution in [0.2, 0.25) is 0 Å². The second kappa shape index (κ2) is 4.45. The van der Waals surface area contributed by atoms with E-state index in [0.29, 0.717) is 5.95 Å². The predicted octanol–water partition coefficient (Wildman–Crippen LogP) is 1.83. The number of nitrogens with two attached hydrogens (primary N) is 1. The summed E-state index contributed by atoms with van der Waals surface area (Å²) in [6.45, 7) is 3.94. The van der Waals surface area contributed by atoms with Crippen LogP contribution < -0.4 is 5.73 Å². The maximum absolute atomic E-state index is 5.47. The summed E-state index contributed by atoms with van der Waals surface area (Å²) in [6, 6.07) is 0. The molecule has 0 bridgehead atoms. The van der Waals surface area contributed by atoms with Crippen molar-refractivity contribution in [3.8, 4) is 0 Å². The van der Waals surface area contributed by atoms with Gasteiger partial charge in [0.2, 0.25) is 0 Å². The third-order valence-corrected chi connectivity index (χ3v) is 1.70. The number of nitrogen functional groups attached to an aromatic ring is 1. The van der Waals surface area contributed by atoms with E-state index in [4.69, 9.17) is 5.73 Å². The Morgan fingerprint density at radius 2 is 2.54 bits per heavy atom. The van der Waals surface area contributed by atoms with Gasteiger partial charge in [0.25, 0.3) is 0 Å². The van der Waals surface area contributed by atoms with Crippen molar-refractivity contribution in [2.45, 2.75) is 20.3 Å². The second-order valence-electron chi connectivity index (χ2n) is 2.60. The number of imidazole rings is 1. The monoisotopic (exact) mass is 178 g/mol. The van der Waals surface area contributed by atoms with Crippen LogP contribution >= 0.6 is 0 Å². The Balaban J connectivity index is 2.90. The summed E-state index contributed by atoms with van der Waals surface area (Å²) in [6.07, 6.45) is 6.18. The SMILES string of the molecule is CC=N/C=C(\CC)c1cnc(N)[nH]1. The average molecular weight is 178 g/mol. The molecule has 0 aliphatic rings.